The van der Waals surface area contributed by atoms with Gasteiger partial charge >= 0.3 is 6.01 Å². The number of carbonyl (C=O) groups is 1. The highest BCUT2D eigenvalue weighted by molar-refractivity contribution is 7.98. The highest BCUT2D eigenvalue weighted by Gasteiger charge is 2.16. The van der Waals surface area contributed by atoms with Crippen molar-refractivity contribution in [1.29, 1.82) is 0 Å². The molecule has 0 aliphatic carbocycles. The van der Waals surface area contributed by atoms with Crippen LogP contribution in [0.5, 0.6) is 0 Å². The summed E-state index contributed by atoms with van der Waals surface area (Å²) in [7, 11) is 1.70. The zero-order valence-corrected chi connectivity index (χ0v) is 13.7. The van der Waals surface area contributed by atoms with Crippen LogP contribution in [0.2, 0.25) is 0 Å². The summed E-state index contributed by atoms with van der Waals surface area (Å²) < 4.78 is 6.99. The van der Waals surface area contributed by atoms with Gasteiger partial charge in [0.2, 0.25) is 5.89 Å². The summed E-state index contributed by atoms with van der Waals surface area (Å²) >= 11 is 1.66. The Kier molecular flexibility index (Phi) is 4.16. The molecule has 0 unspecified atom stereocenters. The number of anilines is 1. The molecule has 1 amide bonds. The fraction of sp³-hybridized carbons (Fsp3) is 0.200. The van der Waals surface area contributed by atoms with Crippen LogP contribution in [0.4, 0.5) is 6.01 Å². The molecule has 1 N–H and O–H groups in total. The summed E-state index contributed by atoms with van der Waals surface area (Å²) in [5.41, 5.74) is 1.98. The van der Waals surface area contributed by atoms with Gasteiger partial charge < -0.3 is 4.42 Å². The first-order valence-corrected chi connectivity index (χ1v) is 8.09. The second-order valence-electron chi connectivity index (χ2n) is 4.89. The summed E-state index contributed by atoms with van der Waals surface area (Å²) in [6.07, 6.45) is 2.01. The molecule has 7 nitrogen and oxygen atoms in total. The van der Waals surface area contributed by atoms with Gasteiger partial charge in [-0.1, -0.05) is 5.10 Å². The number of amides is 1. The van der Waals surface area contributed by atoms with Gasteiger partial charge in [0.15, 0.2) is 0 Å². The number of rotatable bonds is 4. The Morgan fingerprint density at radius 3 is 2.61 bits per heavy atom. The summed E-state index contributed by atoms with van der Waals surface area (Å²) in [6, 6.07) is 9.48. The highest BCUT2D eigenvalue weighted by Crippen LogP contribution is 2.23. The van der Waals surface area contributed by atoms with Crippen LogP contribution < -0.4 is 5.32 Å². The Morgan fingerprint density at radius 2 is 2.00 bits per heavy atom. The van der Waals surface area contributed by atoms with Crippen LogP contribution in [-0.2, 0) is 7.05 Å². The smallest absolute Gasteiger partial charge is 0.322 e. The molecule has 0 radical (unpaired) electrons. The minimum absolute atomic E-state index is 0.0535. The van der Waals surface area contributed by atoms with Gasteiger partial charge in [-0.15, -0.1) is 16.9 Å². The largest absolute Gasteiger partial charge is 0.403 e. The van der Waals surface area contributed by atoms with E-state index in [1.807, 2.05) is 37.4 Å². The van der Waals surface area contributed by atoms with Crippen LogP contribution in [0.25, 0.3) is 11.5 Å². The van der Waals surface area contributed by atoms with E-state index in [0.29, 0.717) is 11.6 Å². The van der Waals surface area contributed by atoms with Crippen LogP contribution in [0.15, 0.2) is 39.6 Å². The summed E-state index contributed by atoms with van der Waals surface area (Å²) in [6.45, 7) is 1.82. The van der Waals surface area contributed by atoms with Crippen LogP contribution in [0.1, 0.15) is 16.2 Å². The molecule has 3 rings (SSSR count). The lowest BCUT2D eigenvalue weighted by atomic mass is 10.2. The summed E-state index contributed by atoms with van der Waals surface area (Å²) in [5.74, 6) is 0.00942. The molecule has 0 fully saturated rings. The first-order valence-electron chi connectivity index (χ1n) is 6.87. The molecule has 1 aromatic carbocycles. The van der Waals surface area contributed by atoms with Gasteiger partial charge in [0, 0.05) is 17.5 Å². The van der Waals surface area contributed by atoms with E-state index >= 15 is 0 Å². The van der Waals surface area contributed by atoms with Crippen molar-refractivity contribution in [3.8, 4) is 11.5 Å². The van der Waals surface area contributed by atoms with E-state index in [1.54, 1.807) is 24.9 Å². The highest BCUT2D eigenvalue weighted by atomic mass is 32.2. The Bertz CT molecular complexity index is 838. The van der Waals surface area contributed by atoms with Crippen molar-refractivity contribution in [1.82, 2.24) is 20.0 Å². The van der Waals surface area contributed by atoms with Gasteiger partial charge in [-0.25, -0.2) is 0 Å². The van der Waals surface area contributed by atoms with Crippen molar-refractivity contribution in [2.24, 2.45) is 7.05 Å². The zero-order chi connectivity index (χ0) is 16.4. The maximum Gasteiger partial charge on any atom is 0.322 e. The van der Waals surface area contributed by atoms with Gasteiger partial charge in [0.05, 0.1) is 5.69 Å². The third-order valence-electron chi connectivity index (χ3n) is 3.22. The third-order valence-corrected chi connectivity index (χ3v) is 3.96. The minimum atomic E-state index is -0.346. The number of hydrogen-bond acceptors (Lipinski definition) is 6. The normalized spacial score (nSPS) is 10.7. The van der Waals surface area contributed by atoms with Crippen molar-refractivity contribution >= 4 is 23.7 Å². The summed E-state index contributed by atoms with van der Waals surface area (Å²) in [5, 5.41) is 14.5. The van der Waals surface area contributed by atoms with E-state index in [-0.39, 0.29) is 11.9 Å². The number of aryl methyl sites for hydroxylation is 2. The fourth-order valence-corrected chi connectivity index (χ4v) is 2.52. The number of aromatic nitrogens is 4. The molecular weight excluding hydrogens is 314 g/mol. The molecule has 2 heterocycles. The molecule has 0 aliphatic heterocycles. The van der Waals surface area contributed by atoms with E-state index in [0.717, 1.165) is 16.2 Å². The van der Waals surface area contributed by atoms with Gasteiger partial charge in [-0.2, -0.15) is 5.10 Å². The van der Waals surface area contributed by atoms with E-state index in [1.165, 1.54) is 4.68 Å². The monoisotopic (exact) mass is 329 g/mol. The van der Waals surface area contributed by atoms with E-state index in [9.17, 15) is 4.79 Å². The lowest BCUT2D eigenvalue weighted by molar-refractivity contribution is 0.101. The zero-order valence-electron chi connectivity index (χ0n) is 12.9. The fourth-order valence-electron chi connectivity index (χ4n) is 2.11. The first kappa shape index (κ1) is 15.3. The summed E-state index contributed by atoms with van der Waals surface area (Å²) in [4.78, 5) is 13.3. The van der Waals surface area contributed by atoms with Crippen molar-refractivity contribution < 1.29 is 9.21 Å². The first-order chi connectivity index (χ1) is 11.1. The minimum Gasteiger partial charge on any atom is -0.403 e. The van der Waals surface area contributed by atoms with Gasteiger partial charge in [-0.05, 0) is 43.5 Å². The molecule has 118 valence electrons. The number of benzene rings is 1. The number of thioether (sulfide) groups is 1. The molecule has 0 aliphatic rings. The van der Waals surface area contributed by atoms with Gasteiger partial charge in [-0.3, -0.25) is 14.8 Å². The van der Waals surface area contributed by atoms with Gasteiger partial charge in [0.1, 0.15) is 5.69 Å². The van der Waals surface area contributed by atoms with Crippen molar-refractivity contribution in [3.63, 3.8) is 0 Å². The van der Waals surface area contributed by atoms with Crippen molar-refractivity contribution in [2.75, 3.05) is 11.6 Å². The Labute approximate surface area is 137 Å². The number of carbonyl (C=O) groups excluding carboxylic acids is 1. The molecule has 0 saturated carbocycles. The molecule has 0 atom stereocenters. The van der Waals surface area contributed by atoms with Crippen LogP contribution in [0.3, 0.4) is 0 Å². The lowest BCUT2D eigenvalue weighted by Gasteiger charge is -2.00. The molecule has 2 aromatic heterocycles. The second kappa shape index (κ2) is 6.25. The van der Waals surface area contributed by atoms with Gasteiger partial charge in [0.25, 0.3) is 5.91 Å². The lowest BCUT2D eigenvalue weighted by Crippen LogP contribution is -2.16. The molecule has 0 bridgehead atoms. The standard InChI is InChI=1S/C15H15N5O2S/c1-9-8-12(20(2)19-9)13(21)16-15-18-17-14(22-15)10-4-6-11(23-3)7-5-10/h4-8H,1-3H3,(H,16,18,21). The number of hydrogen-bond donors (Lipinski definition) is 1. The Hall–Kier alpha value is -2.61. The average Bonchev–Trinajstić information content (AvgIpc) is 3.13. The molecule has 8 heteroatoms. The van der Waals surface area contributed by atoms with E-state index < -0.39 is 0 Å². The van der Waals surface area contributed by atoms with Crippen LogP contribution >= 0.6 is 11.8 Å². The predicted octanol–water partition coefficient (Wildman–Crippen LogP) is 2.75. The molecular formula is C15H15N5O2S. The molecule has 23 heavy (non-hydrogen) atoms. The predicted molar refractivity (Wildman–Crippen MR) is 87.4 cm³/mol. The average molecular weight is 329 g/mol. The van der Waals surface area contributed by atoms with Crippen molar-refractivity contribution in [2.45, 2.75) is 11.8 Å². The molecule has 0 spiro atoms. The number of nitrogens with one attached hydrogen (secondary N) is 1. The maximum absolute atomic E-state index is 12.2. The SMILES string of the molecule is CSc1ccc(-c2nnc(NC(=O)c3cc(C)nn3C)o2)cc1. The topological polar surface area (TPSA) is 85.8 Å². The molecule has 0 saturated heterocycles. The quantitative estimate of drug-likeness (QED) is 0.741. The van der Waals surface area contributed by atoms with Crippen molar-refractivity contribution in [3.05, 3.63) is 41.7 Å². The Morgan fingerprint density at radius 1 is 1.26 bits per heavy atom. The maximum atomic E-state index is 12.2. The van der Waals surface area contributed by atoms with Crippen LogP contribution in [0, 0.1) is 6.92 Å². The Balaban J connectivity index is 1.76. The second-order valence-corrected chi connectivity index (χ2v) is 5.77. The van der Waals surface area contributed by atoms with E-state index in [2.05, 4.69) is 20.6 Å². The van der Waals surface area contributed by atoms with Crippen LogP contribution in [-0.4, -0.2) is 32.1 Å². The number of nitrogens with zero attached hydrogens (tertiary/aromatic N) is 4. The molecule has 3 aromatic rings. The third kappa shape index (κ3) is 3.26. The van der Waals surface area contributed by atoms with E-state index in [4.69, 9.17) is 4.42 Å².